The average molecular weight is 279 g/mol. The van der Waals surface area contributed by atoms with Gasteiger partial charge in [0, 0.05) is 36.6 Å². The van der Waals surface area contributed by atoms with E-state index in [1.807, 2.05) is 12.1 Å². The molecule has 0 radical (unpaired) electrons. The molecular formula is C15H19ClN2O. The molecule has 2 heterocycles. The van der Waals surface area contributed by atoms with Crippen molar-refractivity contribution in [3.05, 3.63) is 28.4 Å². The zero-order valence-corrected chi connectivity index (χ0v) is 12.6. The van der Waals surface area contributed by atoms with E-state index in [4.69, 9.17) is 16.3 Å². The fourth-order valence-corrected chi connectivity index (χ4v) is 3.30. The van der Waals surface area contributed by atoms with Crippen LogP contribution < -0.4 is 10.1 Å². The summed E-state index contributed by atoms with van der Waals surface area (Å²) < 4.78 is 7.73. The van der Waals surface area contributed by atoms with Crippen molar-refractivity contribution in [3.8, 4) is 5.75 Å². The van der Waals surface area contributed by atoms with Crippen molar-refractivity contribution in [2.45, 2.75) is 32.4 Å². The zero-order valence-electron chi connectivity index (χ0n) is 11.8. The van der Waals surface area contributed by atoms with Crippen LogP contribution in [0.3, 0.4) is 0 Å². The molecule has 1 aliphatic rings. The molecule has 0 bridgehead atoms. The van der Waals surface area contributed by atoms with Gasteiger partial charge < -0.3 is 14.6 Å². The van der Waals surface area contributed by atoms with E-state index in [9.17, 15) is 0 Å². The second kappa shape index (κ2) is 4.15. The number of nitrogens with one attached hydrogen (secondary N) is 1. The van der Waals surface area contributed by atoms with E-state index in [0.717, 1.165) is 34.6 Å². The van der Waals surface area contributed by atoms with Crippen LogP contribution in [0.4, 0.5) is 0 Å². The smallest absolute Gasteiger partial charge is 0.143 e. The van der Waals surface area contributed by atoms with Gasteiger partial charge in [0.2, 0.25) is 0 Å². The molecule has 4 heteroatoms. The summed E-state index contributed by atoms with van der Waals surface area (Å²) in [6.07, 6.45) is 0.993. The van der Waals surface area contributed by atoms with E-state index in [1.54, 1.807) is 7.11 Å². The Bertz CT molecular complexity index is 658. The van der Waals surface area contributed by atoms with Crippen LogP contribution in [-0.4, -0.2) is 17.2 Å². The Labute approximate surface area is 118 Å². The van der Waals surface area contributed by atoms with Gasteiger partial charge in [0.15, 0.2) is 0 Å². The number of nitrogens with zero attached hydrogens (tertiary/aromatic N) is 1. The lowest BCUT2D eigenvalue weighted by atomic mass is 9.91. The molecule has 3 rings (SSSR count). The van der Waals surface area contributed by atoms with Gasteiger partial charge in [-0.2, -0.15) is 0 Å². The quantitative estimate of drug-likeness (QED) is 0.866. The number of rotatable bonds is 1. The van der Waals surface area contributed by atoms with Crippen molar-refractivity contribution < 1.29 is 4.74 Å². The molecule has 102 valence electrons. The minimum atomic E-state index is 0.120. The number of hydrogen-bond acceptors (Lipinski definition) is 2. The summed E-state index contributed by atoms with van der Waals surface area (Å²) in [6.45, 7) is 5.31. The van der Waals surface area contributed by atoms with Gasteiger partial charge in [-0.25, -0.2) is 0 Å². The first kappa shape index (κ1) is 12.8. The highest BCUT2D eigenvalue weighted by atomic mass is 35.5. The largest absolute Gasteiger partial charge is 0.495 e. The highest BCUT2D eigenvalue weighted by Gasteiger charge is 2.30. The number of aryl methyl sites for hydroxylation is 1. The minimum absolute atomic E-state index is 0.120. The molecule has 0 aliphatic carbocycles. The SMILES string of the molecule is COc1ccc(Cl)c2c3c(n(C)c12)CC(C)(C)NC3. The fraction of sp³-hybridized carbons (Fsp3) is 0.467. The molecule has 0 atom stereocenters. The molecule has 0 spiro atoms. The number of benzene rings is 1. The minimum Gasteiger partial charge on any atom is -0.495 e. The second-order valence-electron chi connectivity index (χ2n) is 5.87. The molecule has 19 heavy (non-hydrogen) atoms. The van der Waals surface area contributed by atoms with E-state index >= 15 is 0 Å². The van der Waals surface area contributed by atoms with E-state index in [2.05, 4.69) is 30.8 Å². The number of aromatic nitrogens is 1. The maximum atomic E-state index is 6.41. The van der Waals surface area contributed by atoms with Crippen molar-refractivity contribution in [1.82, 2.24) is 9.88 Å². The van der Waals surface area contributed by atoms with Crippen LogP contribution in [-0.2, 0) is 20.0 Å². The van der Waals surface area contributed by atoms with Crippen LogP contribution in [0, 0.1) is 0 Å². The third-order valence-electron chi connectivity index (χ3n) is 4.05. The van der Waals surface area contributed by atoms with Crippen molar-refractivity contribution in [2.75, 3.05) is 7.11 Å². The summed E-state index contributed by atoms with van der Waals surface area (Å²) in [6, 6.07) is 3.86. The Kier molecular flexibility index (Phi) is 2.80. The first-order valence-corrected chi connectivity index (χ1v) is 6.90. The fourth-order valence-electron chi connectivity index (χ4n) is 3.04. The number of fused-ring (bicyclic) bond motifs is 3. The molecule has 0 fully saturated rings. The Hall–Kier alpha value is -1.19. The van der Waals surface area contributed by atoms with Crippen molar-refractivity contribution in [3.63, 3.8) is 0 Å². The Balaban J connectivity index is 2.36. The number of methoxy groups -OCH3 is 1. The molecule has 3 nitrogen and oxygen atoms in total. The van der Waals surface area contributed by atoms with Gasteiger partial charge in [-0.05, 0) is 31.5 Å². The van der Waals surface area contributed by atoms with E-state index in [-0.39, 0.29) is 5.54 Å². The standard InChI is InChI=1S/C15H19ClN2O/c1-15(2)7-11-9(8-17-15)13-10(16)5-6-12(19-4)14(13)18(11)3/h5-6,17H,7-8H2,1-4H3. The van der Waals surface area contributed by atoms with E-state index in [1.165, 1.54) is 11.3 Å². The van der Waals surface area contributed by atoms with Gasteiger partial charge in [0.25, 0.3) is 0 Å². The predicted molar refractivity (Wildman–Crippen MR) is 79.1 cm³/mol. The summed E-state index contributed by atoms with van der Waals surface area (Å²) in [5.74, 6) is 0.883. The Morgan fingerprint density at radius 3 is 2.79 bits per heavy atom. The molecule has 1 aliphatic heterocycles. The predicted octanol–water partition coefficient (Wildman–Crippen LogP) is 3.26. The van der Waals surface area contributed by atoms with Crippen LogP contribution >= 0.6 is 11.6 Å². The monoisotopic (exact) mass is 278 g/mol. The third-order valence-corrected chi connectivity index (χ3v) is 4.37. The highest BCUT2D eigenvalue weighted by molar-refractivity contribution is 6.36. The summed E-state index contributed by atoms with van der Waals surface area (Å²) in [5, 5.41) is 5.50. The zero-order chi connectivity index (χ0) is 13.8. The average Bonchev–Trinajstić information content (AvgIpc) is 2.64. The van der Waals surface area contributed by atoms with Crippen LogP contribution in [0.25, 0.3) is 10.9 Å². The lowest BCUT2D eigenvalue weighted by Crippen LogP contribution is -2.44. The van der Waals surface area contributed by atoms with Crippen molar-refractivity contribution >= 4 is 22.5 Å². The van der Waals surface area contributed by atoms with Gasteiger partial charge in [0.1, 0.15) is 5.75 Å². The van der Waals surface area contributed by atoms with E-state index in [0.29, 0.717) is 0 Å². The molecule has 2 aromatic rings. The van der Waals surface area contributed by atoms with Crippen molar-refractivity contribution in [2.24, 2.45) is 7.05 Å². The van der Waals surface area contributed by atoms with Crippen molar-refractivity contribution in [1.29, 1.82) is 0 Å². The first-order chi connectivity index (χ1) is 8.94. The lowest BCUT2D eigenvalue weighted by Gasteiger charge is -2.32. The van der Waals surface area contributed by atoms with Crippen LogP contribution in [0.15, 0.2) is 12.1 Å². The van der Waals surface area contributed by atoms with Gasteiger partial charge in [0.05, 0.1) is 17.6 Å². The van der Waals surface area contributed by atoms with Gasteiger partial charge >= 0.3 is 0 Å². The van der Waals surface area contributed by atoms with Gasteiger partial charge in [-0.3, -0.25) is 0 Å². The summed E-state index contributed by atoms with van der Waals surface area (Å²) >= 11 is 6.41. The van der Waals surface area contributed by atoms with Crippen LogP contribution in [0.1, 0.15) is 25.1 Å². The summed E-state index contributed by atoms with van der Waals surface area (Å²) in [7, 11) is 3.80. The molecule has 1 aromatic heterocycles. The molecule has 0 amide bonds. The topological polar surface area (TPSA) is 26.2 Å². The normalized spacial score (nSPS) is 17.5. The molecule has 1 aromatic carbocycles. The maximum absolute atomic E-state index is 6.41. The molecule has 0 saturated heterocycles. The second-order valence-corrected chi connectivity index (χ2v) is 6.28. The third kappa shape index (κ3) is 1.84. The van der Waals surface area contributed by atoms with E-state index < -0.39 is 0 Å². The number of halogens is 1. The maximum Gasteiger partial charge on any atom is 0.143 e. The Morgan fingerprint density at radius 2 is 2.11 bits per heavy atom. The molecule has 0 saturated carbocycles. The van der Waals surface area contributed by atoms with Crippen LogP contribution in [0.2, 0.25) is 5.02 Å². The number of hydrogen-bond donors (Lipinski definition) is 1. The van der Waals surface area contributed by atoms with Crippen LogP contribution in [0.5, 0.6) is 5.75 Å². The molecule has 1 N–H and O–H groups in total. The summed E-state index contributed by atoms with van der Waals surface area (Å²) in [5.41, 5.74) is 3.87. The van der Waals surface area contributed by atoms with Gasteiger partial charge in [-0.15, -0.1) is 0 Å². The molecule has 0 unspecified atom stereocenters. The Morgan fingerprint density at radius 1 is 1.37 bits per heavy atom. The summed E-state index contributed by atoms with van der Waals surface area (Å²) in [4.78, 5) is 0. The molecular weight excluding hydrogens is 260 g/mol. The first-order valence-electron chi connectivity index (χ1n) is 6.52. The lowest BCUT2D eigenvalue weighted by molar-refractivity contribution is 0.355. The van der Waals surface area contributed by atoms with Gasteiger partial charge in [-0.1, -0.05) is 11.6 Å². The number of ether oxygens (including phenoxy) is 1. The highest BCUT2D eigenvalue weighted by Crippen LogP contribution is 2.39.